The number of fused-ring (bicyclic) bond motifs is 3. The number of likely N-dealkylation sites (N-methyl/N-ethyl adjacent to an activating group) is 1. The van der Waals surface area contributed by atoms with Crippen LogP contribution >= 0.6 is 0 Å². The number of hydrogen-bond donors (Lipinski definition) is 5. The molecule has 3 aliphatic rings. The fraction of sp³-hybridized carbons (Fsp3) is 0.433. The van der Waals surface area contributed by atoms with Crippen molar-refractivity contribution in [1.29, 1.82) is 0 Å². The molecule has 1 aromatic heterocycles. The fourth-order valence-electron chi connectivity index (χ4n) is 6.80. The SMILES string of the molecule is CN(C)Cc1ccc(-c2cc(N(C)C)c3c(c2O)C(O)=C2C(=O)[C@@]4(O)C(O)=C(C(N)=O)C(=O)C(N(C)C)[C@H]4C[C@H]2C3)o1. The van der Waals surface area contributed by atoms with Gasteiger partial charge in [0, 0.05) is 31.3 Å². The lowest BCUT2D eigenvalue weighted by molar-refractivity contribution is -0.153. The minimum absolute atomic E-state index is 0.0121. The quantitative estimate of drug-likeness (QED) is 0.311. The molecule has 1 amide bonds. The first kappa shape index (κ1) is 29.4. The van der Waals surface area contributed by atoms with Crippen LogP contribution in [0.3, 0.4) is 0 Å². The lowest BCUT2D eigenvalue weighted by atomic mass is 9.57. The number of amides is 1. The number of hydrogen-bond acceptors (Lipinski definition) is 11. The summed E-state index contributed by atoms with van der Waals surface area (Å²) in [7, 11) is 10.5. The highest BCUT2D eigenvalue weighted by molar-refractivity contribution is 6.24. The number of rotatable bonds is 6. The standard InChI is InChI=1S/C30H36N4O8/c1-32(2)12-14-7-8-19(42-14)16-11-18(33(3)4)15-9-13-10-17-23(34(5)6)26(37)22(29(31)40)28(39)30(17,41)27(38)20(13)25(36)21(15)24(16)35/h7-8,11,13,17,23,35-36,39,41H,9-10,12H2,1-6H3,(H2,31,40)/t13-,17-,23?,30-/m1/s1. The number of aliphatic hydroxyl groups excluding tert-OH is 2. The van der Waals surface area contributed by atoms with Crippen LogP contribution < -0.4 is 10.6 Å². The zero-order chi connectivity index (χ0) is 31.0. The van der Waals surface area contributed by atoms with Gasteiger partial charge in [0.05, 0.1) is 23.7 Å². The molecule has 5 rings (SSSR count). The number of ketones is 2. The van der Waals surface area contributed by atoms with Crippen LogP contribution in [0, 0.1) is 11.8 Å². The molecular weight excluding hydrogens is 544 g/mol. The van der Waals surface area contributed by atoms with Crippen molar-refractivity contribution in [3.05, 3.63) is 52.0 Å². The summed E-state index contributed by atoms with van der Waals surface area (Å²) in [5.74, 6) is -5.87. The van der Waals surface area contributed by atoms with Crippen LogP contribution in [0.5, 0.6) is 5.75 Å². The highest BCUT2D eigenvalue weighted by atomic mass is 16.4. The predicted octanol–water partition coefficient (Wildman–Crippen LogP) is 1.35. The molecule has 0 radical (unpaired) electrons. The summed E-state index contributed by atoms with van der Waals surface area (Å²) in [6, 6.07) is 4.12. The minimum Gasteiger partial charge on any atom is -0.508 e. The lowest BCUT2D eigenvalue weighted by Gasteiger charge is -2.50. The molecule has 4 atom stereocenters. The molecular formula is C30H36N4O8. The van der Waals surface area contributed by atoms with Crippen LogP contribution in [0.4, 0.5) is 5.69 Å². The largest absolute Gasteiger partial charge is 0.508 e. The van der Waals surface area contributed by atoms with E-state index in [0.717, 1.165) is 0 Å². The number of aliphatic hydroxyl groups is 3. The Labute approximate surface area is 242 Å². The van der Waals surface area contributed by atoms with E-state index in [4.69, 9.17) is 10.2 Å². The number of carbonyl (C=O) groups is 3. The molecule has 42 heavy (non-hydrogen) atoms. The maximum atomic E-state index is 14.1. The van der Waals surface area contributed by atoms with E-state index in [9.17, 15) is 34.8 Å². The predicted molar refractivity (Wildman–Crippen MR) is 154 cm³/mol. The van der Waals surface area contributed by atoms with Gasteiger partial charge in [-0.3, -0.25) is 19.3 Å². The second-order valence-corrected chi connectivity index (χ2v) is 12.0. The topological polar surface area (TPSA) is 181 Å². The number of nitrogens with two attached hydrogens (primary N) is 1. The number of Topliss-reactive ketones (excluding diaryl/α,β-unsaturated/α-hetero) is 2. The van der Waals surface area contributed by atoms with E-state index < -0.39 is 58.0 Å². The normalized spacial score (nSPS) is 25.6. The summed E-state index contributed by atoms with van der Waals surface area (Å²) >= 11 is 0. The molecule has 224 valence electrons. The van der Waals surface area contributed by atoms with Gasteiger partial charge in [0.2, 0.25) is 5.78 Å². The van der Waals surface area contributed by atoms with Crippen molar-refractivity contribution in [1.82, 2.24) is 9.80 Å². The summed E-state index contributed by atoms with van der Waals surface area (Å²) in [6.45, 7) is 0.526. The summed E-state index contributed by atoms with van der Waals surface area (Å²) in [5.41, 5.74) is 3.21. The smallest absolute Gasteiger partial charge is 0.255 e. The fourth-order valence-corrected chi connectivity index (χ4v) is 6.80. The van der Waals surface area contributed by atoms with Crippen LogP contribution in [-0.4, -0.2) is 102 Å². The van der Waals surface area contributed by atoms with Gasteiger partial charge in [-0.05, 0) is 70.7 Å². The zero-order valence-electron chi connectivity index (χ0n) is 24.4. The molecule has 0 bridgehead atoms. The molecule has 1 heterocycles. The number of anilines is 1. The van der Waals surface area contributed by atoms with Crippen molar-refractivity contribution >= 4 is 28.9 Å². The molecule has 12 nitrogen and oxygen atoms in total. The van der Waals surface area contributed by atoms with Gasteiger partial charge in [0.1, 0.15) is 34.4 Å². The highest BCUT2D eigenvalue weighted by Gasteiger charge is 2.64. The third kappa shape index (κ3) is 4.12. The Balaban J connectivity index is 1.73. The molecule has 3 aliphatic carbocycles. The van der Waals surface area contributed by atoms with Crippen LogP contribution in [0.15, 0.2) is 39.5 Å². The number of aromatic hydroxyl groups is 1. The number of benzene rings is 1. The lowest BCUT2D eigenvalue weighted by Crippen LogP contribution is -2.65. The third-order valence-electron chi connectivity index (χ3n) is 8.58. The first-order chi connectivity index (χ1) is 19.6. The molecule has 6 N–H and O–H groups in total. The molecule has 1 unspecified atom stereocenters. The average Bonchev–Trinajstić information content (AvgIpc) is 3.33. The van der Waals surface area contributed by atoms with Gasteiger partial charge in [0.15, 0.2) is 11.4 Å². The number of phenolic OH excluding ortho intramolecular Hbond substituents is 1. The van der Waals surface area contributed by atoms with Crippen LogP contribution in [-0.2, 0) is 27.3 Å². The number of furan rings is 1. The Hall–Kier alpha value is -4.13. The Kier molecular flexibility index (Phi) is 6.99. The van der Waals surface area contributed by atoms with E-state index in [-0.39, 0.29) is 29.7 Å². The molecule has 2 aromatic rings. The summed E-state index contributed by atoms with van der Waals surface area (Å²) in [6.07, 6.45) is 0.215. The van der Waals surface area contributed by atoms with Gasteiger partial charge in [0.25, 0.3) is 5.91 Å². The zero-order valence-corrected chi connectivity index (χ0v) is 24.4. The second kappa shape index (κ2) is 10.0. The third-order valence-corrected chi connectivity index (χ3v) is 8.58. The first-order valence-electron chi connectivity index (χ1n) is 13.6. The van der Waals surface area contributed by atoms with Gasteiger partial charge in [-0.15, -0.1) is 0 Å². The van der Waals surface area contributed by atoms with Crippen LogP contribution in [0.1, 0.15) is 23.3 Å². The molecule has 1 saturated carbocycles. The summed E-state index contributed by atoms with van der Waals surface area (Å²) < 4.78 is 5.99. The molecule has 0 saturated heterocycles. The molecule has 1 aromatic carbocycles. The van der Waals surface area contributed by atoms with Crippen molar-refractivity contribution in [2.45, 2.75) is 31.0 Å². The van der Waals surface area contributed by atoms with Crippen molar-refractivity contribution in [3.63, 3.8) is 0 Å². The Bertz CT molecular complexity index is 1580. The second-order valence-electron chi connectivity index (χ2n) is 12.0. The van der Waals surface area contributed by atoms with Gasteiger partial charge in [-0.2, -0.15) is 0 Å². The van der Waals surface area contributed by atoms with E-state index in [1.165, 1.54) is 4.90 Å². The Morgan fingerprint density at radius 2 is 1.76 bits per heavy atom. The van der Waals surface area contributed by atoms with Gasteiger partial charge >= 0.3 is 0 Å². The highest BCUT2D eigenvalue weighted by Crippen LogP contribution is 2.55. The van der Waals surface area contributed by atoms with E-state index in [0.29, 0.717) is 34.9 Å². The molecule has 0 aliphatic heterocycles. The van der Waals surface area contributed by atoms with E-state index in [2.05, 4.69) is 0 Å². The van der Waals surface area contributed by atoms with Gasteiger partial charge in [-0.25, -0.2) is 0 Å². The van der Waals surface area contributed by atoms with Crippen LogP contribution in [0.2, 0.25) is 0 Å². The van der Waals surface area contributed by atoms with Crippen LogP contribution in [0.25, 0.3) is 17.1 Å². The average molecular weight is 581 g/mol. The van der Waals surface area contributed by atoms with E-state index >= 15 is 0 Å². The number of nitrogens with zero attached hydrogens (tertiary/aromatic N) is 3. The molecule has 1 fully saturated rings. The summed E-state index contributed by atoms with van der Waals surface area (Å²) in [5, 5.41) is 46.0. The minimum atomic E-state index is -2.69. The molecule has 12 heteroatoms. The number of carbonyl (C=O) groups excluding carboxylic acids is 3. The summed E-state index contributed by atoms with van der Waals surface area (Å²) in [4.78, 5) is 44.8. The maximum Gasteiger partial charge on any atom is 0.255 e. The first-order valence-corrected chi connectivity index (χ1v) is 13.6. The maximum absolute atomic E-state index is 14.1. The van der Waals surface area contributed by atoms with Crippen molar-refractivity contribution in [2.24, 2.45) is 17.6 Å². The van der Waals surface area contributed by atoms with Crippen molar-refractivity contribution < 1.29 is 39.2 Å². The van der Waals surface area contributed by atoms with Gasteiger partial charge < -0.3 is 40.4 Å². The Morgan fingerprint density at radius 1 is 1.10 bits per heavy atom. The van der Waals surface area contributed by atoms with Crippen molar-refractivity contribution in [2.75, 3.05) is 47.2 Å². The molecule has 0 spiro atoms. The Morgan fingerprint density at radius 3 is 2.33 bits per heavy atom. The number of phenols is 1. The van der Waals surface area contributed by atoms with Gasteiger partial charge in [-0.1, -0.05) is 0 Å². The van der Waals surface area contributed by atoms with E-state index in [1.807, 2.05) is 38.0 Å². The number of primary amides is 1. The van der Waals surface area contributed by atoms with Crippen molar-refractivity contribution in [3.8, 4) is 17.1 Å². The monoisotopic (exact) mass is 580 g/mol. The van der Waals surface area contributed by atoms with E-state index in [1.54, 1.807) is 32.3 Å².